The fraction of sp³-hybridized carbons (Fsp3) is 0.417. The van der Waals surface area contributed by atoms with Gasteiger partial charge in [0, 0.05) is 37.0 Å². The van der Waals surface area contributed by atoms with Crippen molar-refractivity contribution in [1.82, 2.24) is 20.5 Å². The summed E-state index contributed by atoms with van der Waals surface area (Å²) >= 11 is 1.65. The molecule has 1 N–H and O–H groups in total. The lowest BCUT2D eigenvalue weighted by Gasteiger charge is -2.05. The average Bonchev–Trinajstić information content (AvgIpc) is 2.78. The van der Waals surface area contributed by atoms with Crippen molar-refractivity contribution in [2.24, 2.45) is 0 Å². The molecule has 0 bridgehead atoms. The lowest BCUT2D eigenvalue weighted by Crippen LogP contribution is -2.24. The lowest BCUT2D eigenvalue weighted by atomic mass is 10.3. The summed E-state index contributed by atoms with van der Waals surface area (Å²) in [5, 5.41) is 13.8. The molecule has 17 heavy (non-hydrogen) atoms. The zero-order chi connectivity index (χ0) is 12.1. The molecule has 0 aliphatic heterocycles. The van der Waals surface area contributed by atoms with Crippen LogP contribution >= 0.6 is 11.3 Å². The minimum absolute atomic E-state index is 0.516. The van der Waals surface area contributed by atoms with Crippen LogP contribution in [0.5, 0.6) is 0 Å². The van der Waals surface area contributed by atoms with E-state index in [1.54, 1.807) is 23.7 Å². The molecule has 0 amide bonds. The predicted molar refractivity (Wildman–Crippen MR) is 70.0 cm³/mol. The Morgan fingerprint density at radius 2 is 2.00 bits per heavy atom. The highest BCUT2D eigenvalue weighted by Crippen LogP contribution is 2.22. The number of nitrogens with one attached hydrogen (secondary N) is 1. The molecule has 0 aliphatic carbocycles. The Morgan fingerprint density at radius 3 is 2.71 bits per heavy atom. The maximum absolute atomic E-state index is 4.20. The average molecular weight is 248 g/mol. The van der Waals surface area contributed by atoms with Crippen LogP contribution < -0.4 is 5.32 Å². The largest absolute Gasteiger partial charge is 0.314 e. The van der Waals surface area contributed by atoms with Crippen molar-refractivity contribution >= 4 is 11.3 Å². The Labute approximate surface area is 105 Å². The van der Waals surface area contributed by atoms with Gasteiger partial charge in [0.25, 0.3) is 0 Å². The van der Waals surface area contributed by atoms with Gasteiger partial charge in [0.05, 0.1) is 0 Å². The smallest absolute Gasteiger partial charge is 0.147 e. The Hall–Kier alpha value is -1.33. The predicted octanol–water partition coefficient (Wildman–Crippen LogP) is 2.14. The van der Waals surface area contributed by atoms with Gasteiger partial charge in [-0.15, -0.1) is 10.2 Å². The third kappa shape index (κ3) is 3.57. The van der Waals surface area contributed by atoms with Gasteiger partial charge in [0.1, 0.15) is 10.0 Å². The summed E-state index contributed by atoms with van der Waals surface area (Å²) in [5.74, 6) is 0. The monoisotopic (exact) mass is 248 g/mol. The van der Waals surface area contributed by atoms with Crippen molar-refractivity contribution in [3.05, 3.63) is 29.5 Å². The molecule has 2 aromatic rings. The SMILES string of the molecule is CC(C)NCCc1nnc(-c2ccncc2)s1. The minimum Gasteiger partial charge on any atom is -0.314 e. The Balaban J connectivity index is 1.97. The van der Waals surface area contributed by atoms with Gasteiger partial charge in [0.2, 0.25) is 0 Å². The van der Waals surface area contributed by atoms with Crippen LogP contribution in [0.4, 0.5) is 0 Å². The summed E-state index contributed by atoms with van der Waals surface area (Å²) in [5.41, 5.74) is 1.08. The number of nitrogens with zero attached hydrogens (tertiary/aromatic N) is 3. The summed E-state index contributed by atoms with van der Waals surface area (Å²) in [6.07, 6.45) is 4.48. The second kappa shape index (κ2) is 5.84. The maximum Gasteiger partial charge on any atom is 0.147 e. The molecule has 0 aromatic carbocycles. The molecule has 2 rings (SSSR count). The molecule has 0 spiro atoms. The van der Waals surface area contributed by atoms with Gasteiger partial charge in [-0.1, -0.05) is 25.2 Å². The zero-order valence-corrected chi connectivity index (χ0v) is 10.9. The van der Waals surface area contributed by atoms with E-state index in [-0.39, 0.29) is 0 Å². The molecule has 0 aliphatic rings. The summed E-state index contributed by atoms with van der Waals surface area (Å²) in [6, 6.07) is 4.43. The first-order valence-electron chi connectivity index (χ1n) is 5.72. The molecule has 2 aromatic heterocycles. The Kier molecular flexibility index (Phi) is 4.17. The van der Waals surface area contributed by atoms with E-state index in [1.165, 1.54) is 0 Å². The van der Waals surface area contributed by atoms with Crippen molar-refractivity contribution in [1.29, 1.82) is 0 Å². The summed E-state index contributed by atoms with van der Waals surface area (Å²) in [4.78, 5) is 3.99. The standard InChI is InChI=1S/C12H16N4S/c1-9(2)14-8-5-11-15-16-12(17-11)10-3-6-13-7-4-10/h3-4,6-7,9,14H,5,8H2,1-2H3. The van der Waals surface area contributed by atoms with Crippen LogP contribution in [0.15, 0.2) is 24.5 Å². The third-order valence-electron chi connectivity index (χ3n) is 2.29. The van der Waals surface area contributed by atoms with Crippen LogP contribution in [-0.2, 0) is 6.42 Å². The van der Waals surface area contributed by atoms with E-state index >= 15 is 0 Å². The molecule has 0 radical (unpaired) electrons. The summed E-state index contributed by atoms with van der Waals surface area (Å²) in [6.45, 7) is 5.23. The molecular formula is C12H16N4S. The molecule has 0 saturated carbocycles. The van der Waals surface area contributed by atoms with Gasteiger partial charge in [-0.3, -0.25) is 4.98 Å². The third-order valence-corrected chi connectivity index (χ3v) is 3.32. The number of aromatic nitrogens is 3. The number of pyridine rings is 1. The molecule has 2 heterocycles. The van der Waals surface area contributed by atoms with Crippen molar-refractivity contribution < 1.29 is 0 Å². The highest BCUT2D eigenvalue weighted by molar-refractivity contribution is 7.14. The van der Waals surface area contributed by atoms with E-state index in [4.69, 9.17) is 0 Å². The molecule has 90 valence electrons. The van der Waals surface area contributed by atoms with Crippen LogP contribution in [0.2, 0.25) is 0 Å². The van der Waals surface area contributed by atoms with Crippen LogP contribution in [0, 0.1) is 0 Å². The number of hydrogen-bond acceptors (Lipinski definition) is 5. The van der Waals surface area contributed by atoms with Gasteiger partial charge in [0.15, 0.2) is 0 Å². The van der Waals surface area contributed by atoms with Gasteiger partial charge in [-0.2, -0.15) is 0 Å². The first-order valence-corrected chi connectivity index (χ1v) is 6.53. The van der Waals surface area contributed by atoms with Crippen LogP contribution in [-0.4, -0.2) is 27.8 Å². The first kappa shape index (κ1) is 12.1. The zero-order valence-electron chi connectivity index (χ0n) is 10.1. The Bertz CT molecular complexity index is 453. The van der Waals surface area contributed by atoms with Crippen LogP contribution in [0.3, 0.4) is 0 Å². The molecule has 0 fully saturated rings. The van der Waals surface area contributed by atoms with E-state index in [0.717, 1.165) is 28.5 Å². The molecule has 5 heteroatoms. The maximum atomic E-state index is 4.20. The quantitative estimate of drug-likeness (QED) is 0.880. The van der Waals surface area contributed by atoms with Crippen LogP contribution in [0.25, 0.3) is 10.6 Å². The number of hydrogen-bond donors (Lipinski definition) is 1. The highest BCUT2D eigenvalue weighted by Gasteiger charge is 2.06. The minimum atomic E-state index is 0.516. The van der Waals surface area contributed by atoms with E-state index in [0.29, 0.717) is 6.04 Å². The van der Waals surface area contributed by atoms with Crippen molar-refractivity contribution in [2.45, 2.75) is 26.3 Å². The topological polar surface area (TPSA) is 50.7 Å². The van der Waals surface area contributed by atoms with E-state index < -0.39 is 0 Å². The van der Waals surface area contributed by atoms with Gasteiger partial charge in [-0.05, 0) is 12.1 Å². The molecule has 4 nitrogen and oxygen atoms in total. The molecule has 0 saturated heterocycles. The second-order valence-electron chi connectivity index (χ2n) is 4.10. The first-order chi connectivity index (χ1) is 8.25. The fourth-order valence-corrected chi connectivity index (χ4v) is 2.28. The van der Waals surface area contributed by atoms with Crippen LogP contribution in [0.1, 0.15) is 18.9 Å². The van der Waals surface area contributed by atoms with Crippen molar-refractivity contribution in [2.75, 3.05) is 6.54 Å². The highest BCUT2D eigenvalue weighted by atomic mass is 32.1. The van der Waals surface area contributed by atoms with Gasteiger partial charge >= 0.3 is 0 Å². The summed E-state index contributed by atoms with van der Waals surface area (Å²) < 4.78 is 0. The fourth-order valence-electron chi connectivity index (χ4n) is 1.43. The van der Waals surface area contributed by atoms with E-state index in [9.17, 15) is 0 Å². The normalized spacial score (nSPS) is 11.0. The van der Waals surface area contributed by atoms with Crippen molar-refractivity contribution in [3.8, 4) is 10.6 Å². The Morgan fingerprint density at radius 1 is 1.24 bits per heavy atom. The van der Waals surface area contributed by atoms with Gasteiger partial charge < -0.3 is 5.32 Å². The van der Waals surface area contributed by atoms with Gasteiger partial charge in [-0.25, -0.2) is 0 Å². The summed E-state index contributed by atoms with van der Waals surface area (Å²) in [7, 11) is 0. The van der Waals surface area contributed by atoms with E-state index in [1.807, 2.05) is 12.1 Å². The second-order valence-corrected chi connectivity index (χ2v) is 5.16. The molecule has 0 unspecified atom stereocenters. The van der Waals surface area contributed by atoms with E-state index in [2.05, 4.69) is 34.3 Å². The van der Waals surface area contributed by atoms with Crippen molar-refractivity contribution in [3.63, 3.8) is 0 Å². The number of rotatable bonds is 5. The lowest BCUT2D eigenvalue weighted by molar-refractivity contribution is 0.588. The molecular weight excluding hydrogens is 232 g/mol. The molecule has 0 atom stereocenters.